The van der Waals surface area contributed by atoms with Crippen LogP contribution in [-0.4, -0.2) is 40.2 Å². The van der Waals surface area contributed by atoms with Crippen molar-refractivity contribution in [3.8, 4) is 0 Å². The highest BCUT2D eigenvalue weighted by atomic mass is 32.2. The Morgan fingerprint density at radius 1 is 0.963 bits per heavy atom. The van der Waals surface area contributed by atoms with Gasteiger partial charge in [0.1, 0.15) is 5.82 Å². The largest absolute Gasteiger partial charge is 0.333 e. The molecule has 2 aromatic rings. The van der Waals surface area contributed by atoms with Gasteiger partial charge in [0.05, 0.1) is 5.56 Å². The minimum absolute atomic E-state index is 0.0480. The van der Waals surface area contributed by atoms with E-state index in [2.05, 4.69) is 6.26 Å². The third-order valence-corrected chi connectivity index (χ3v) is 6.82. The van der Waals surface area contributed by atoms with Crippen LogP contribution in [0.5, 0.6) is 0 Å². The predicted octanol–water partition coefficient (Wildman–Crippen LogP) is 4.56. The lowest BCUT2D eigenvalue weighted by Gasteiger charge is -2.38. The van der Waals surface area contributed by atoms with Gasteiger partial charge in [0, 0.05) is 28.5 Å². The molecule has 2 aliphatic heterocycles. The summed E-state index contributed by atoms with van der Waals surface area (Å²) in [5.74, 6) is -0.678. The Hall–Kier alpha value is -2.14. The van der Waals surface area contributed by atoms with Crippen molar-refractivity contribution < 1.29 is 14.0 Å². The number of halogens is 1. The first-order valence-corrected chi connectivity index (χ1v) is 10.6. The van der Waals surface area contributed by atoms with Crippen molar-refractivity contribution in [2.45, 2.75) is 43.0 Å². The standard InChI is InChI=1S/C22H22FNO2S/c1-27-18-12-16-10-11-17(13-18)24(16)22(26)20-5-3-2-4-19(20)21(25)14-6-8-15(23)9-7-14/h2-9,16-18H,10-13H2,1H3. The van der Waals surface area contributed by atoms with Crippen molar-refractivity contribution in [2.75, 3.05) is 6.26 Å². The first-order valence-electron chi connectivity index (χ1n) is 9.33. The molecule has 2 unspecified atom stereocenters. The Bertz CT molecular complexity index is 853. The second-order valence-corrected chi connectivity index (χ2v) is 8.45. The highest BCUT2D eigenvalue weighted by molar-refractivity contribution is 7.99. The third kappa shape index (κ3) is 3.41. The molecule has 4 rings (SSSR count). The number of carbonyl (C=O) groups is 2. The summed E-state index contributed by atoms with van der Waals surface area (Å²) in [6, 6.07) is 13.0. The summed E-state index contributed by atoms with van der Waals surface area (Å²) in [5.41, 5.74) is 1.23. The number of thioether (sulfide) groups is 1. The highest BCUT2D eigenvalue weighted by Crippen LogP contribution is 2.40. The molecule has 5 heteroatoms. The van der Waals surface area contributed by atoms with Crippen molar-refractivity contribution >= 4 is 23.5 Å². The van der Waals surface area contributed by atoms with Crippen molar-refractivity contribution in [2.24, 2.45) is 0 Å². The second-order valence-electron chi connectivity index (χ2n) is 7.31. The van der Waals surface area contributed by atoms with E-state index >= 15 is 0 Å². The maximum Gasteiger partial charge on any atom is 0.255 e. The molecule has 3 nitrogen and oxygen atoms in total. The van der Waals surface area contributed by atoms with E-state index in [9.17, 15) is 14.0 Å². The lowest BCUT2D eigenvalue weighted by atomic mass is 9.95. The van der Waals surface area contributed by atoms with Crippen LogP contribution in [0.1, 0.15) is 52.0 Å². The fourth-order valence-electron chi connectivity index (χ4n) is 4.41. The van der Waals surface area contributed by atoms with Crippen LogP contribution in [0.4, 0.5) is 4.39 Å². The Balaban J connectivity index is 1.64. The number of amides is 1. The Kier molecular flexibility index (Phi) is 5.04. The molecular formula is C22H22FNO2S. The van der Waals surface area contributed by atoms with Crippen LogP contribution in [0, 0.1) is 5.82 Å². The molecule has 0 saturated carbocycles. The summed E-state index contributed by atoms with van der Waals surface area (Å²) in [5, 5.41) is 0.614. The van der Waals surface area contributed by atoms with Crippen molar-refractivity contribution in [1.82, 2.24) is 4.90 Å². The van der Waals surface area contributed by atoms with Crippen molar-refractivity contribution in [1.29, 1.82) is 0 Å². The summed E-state index contributed by atoms with van der Waals surface area (Å²) < 4.78 is 13.2. The second kappa shape index (κ2) is 7.47. The van der Waals surface area contributed by atoms with E-state index in [0.717, 1.165) is 25.7 Å². The monoisotopic (exact) mass is 383 g/mol. The first-order chi connectivity index (χ1) is 13.1. The van der Waals surface area contributed by atoms with E-state index in [1.807, 2.05) is 16.7 Å². The van der Waals surface area contributed by atoms with Crippen LogP contribution in [0.2, 0.25) is 0 Å². The predicted molar refractivity (Wildman–Crippen MR) is 106 cm³/mol. The molecule has 1 amide bonds. The van der Waals surface area contributed by atoms with Gasteiger partial charge in [-0.25, -0.2) is 4.39 Å². The van der Waals surface area contributed by atoms with Crippen LogP contribution >= 0.6 is 11.8 Å². The normalized spacial score (nSPS) is 24.1. The molecule has 2 aliphatic rings. The fourth-order valence-corrected chi connectivity index (χ4v) is 5.24. The molecular weight excluding hydrogens is 361 g/mol. The van der Waals surface area contributed by atoms with Crippen LogP contribution in [0.15, 0.2) is 48.5 Å². The quantitative estimate of drug-likeness (QED) is 0.727. The Morgan fingerprint density at radius 2 is 1.56 bits per heavy atom. The maximum atomic E-state index is 13.4. The van der Waals surface area contributed by atoms with E-state index in [-0.39, 0.29) is 29.6 Å². The van der Waals surface area contributed by atoms with Gasteiger partial charge in [0.25, 0.3) is 5.91 Å². The van der Waals surface area contributed by atoms with Gasteiger partial charge < -0.3 is 4.90 Å². The minimum Gasteiger partial charge on any atom is -0.333 e. The molecule has 0 radical (unpaired) electrons. The van der Waals surface area contributed by atoms with E-state index in [1.165, 1.54) is 24.3 Å². The zero-order valence-electron chi connectivity index (χ0n) is 15.2. The number of nitrogens with zero attached hydrogens (tertiary/aromatic N) is 1. The molecule has 0 aromatic heterocycles. The van der Waals surface area contributed by atoms with Gasteiger partial charge in [-0.05, 0) is 62.3 Å². The van der Waals surface area contributed by atoms with Gasteiger partial charge in [0.15, 0.2) is 5.78 Å². The Labute approximate surface area is 162 Å². The number of piperidine rings is 1. The molecule has 0 aliphatic carbocycles. The smallest absolute Gasteiger partial charge is 0.255 e. The number of ketones is 1. The third-order valence-electron chi connectivity index (χ3n) is 5.77. The van der Waals surface area contributed by atoms with E-state index in [4.69, 9.17) is 0 Å². The number of rotatable bonds is 4. The number of carbonyl (C=O) groups excluding carboxylic acids is 2. The molecule has 2 aromatic carbocycles. The summed E-state index contributed by atoms with van der Waals surface area (Å²) in [7, 11) is 0. The van der Waals surface area contributed by atoms with E-state index < -0.39 is 0 Å². The van der Waals surface area contributed by atoms with Crippen LogP contribution < -0.4 is 0 Å². The van der Waals surface area contributed by atoms with Crippen LogP contribution in [0.3, 0.4) is 0 Å². The van der Waals surface area contributed by atoms with Gasteiger partial charge in [0.2, 0.25) is 0 Å². The molecule has 2 saturated heterocycles. The molecule has 2 fully saturated rings. The topological polar surface area (TPSA) is 37.4 Å². The zero-order valence-corrected chi connectivity index (χ0v) is 16.0. The van der Waals surface area contributed by atoms with Gasteiger partial charge in [-0.15, -0.1) is 0 Å². The summed E-state index contributed by atoms with van der Waals surface area (Å²) in [6.45, 7) is 0. The maximum absolute atomic E-state index is 13.4. The number of benzene rings is 2. The summed E-state index contributed by atoms with van der Waals surface area (Å²) >= 11 is 1.89. The zero-order chi connectivity index (χ0) is 19.0. The number of hydrogen-bond acceptors (Lipinski definition) is 3. The van der Waals surface area contributed by atoms with Crippen molar-refractivity contribution in [3.63, 3.8) is 0 Å². The average molecular weight is 383 g/mol. The van der Waals surface area contributed by atoms with Gasteiger partial charge >= 0.3 is 0 Å². The fraction of sp³-hybridized carbons (Fsp3) is 0.364. The summed E-state index contributed by atoms with van der Waals surface area (Å²) in [4.78, 5) is 28.3. The van der Waals surface area contributed by atoms with E-state index in [0.29, 0.717) is 21.9 Å². The molecule has 2 atom stereocenters. The van der Waals surface area contributed by atoms with Gasteiger partial charge in [-0.3, -0.25) is 9.59 Å². The molecule has 27 heavy (non-hydrogen) atoms. The van der Waals surface area contributed by atoms with Crippen LogP contribution in [0.25, 0.3) is 0 Å². The lowest BCUT2D eigenvalue weighted by Crippen LogP contribution is -2.47. The molecule has 140 valence electrons. The first kappa shape index (κ1) is 18.2. The van der Waals surface area contributed by atoms with E-state index in [1.54, 1.807) is 24.3 Å². The number of hydrogen-bond donors (Lipinski definition) is 0. The van der Waals surface area contributed by atoms with Gasteiger partial charge in [-0.1, -0.05) is 18.2 Å². The van der Waals surface area contributed by atoms with Crippen molar-refractivity contribution in [3.05, 3.63) is 71.0 Å². The molecule has 0 spiro atoms. The molecule has 2 bridgehead atoms. The van der Waals surface area contributed by atoms with Crippen LogP contribution in [-0.2, 0) is 0 Å². The average Bonchev–Trinajstić information content (AvgIpc) is 2.97. The minimum atomic E-state index is -0.385. The molecule has 2 heterocycles. The lowest BCUT2D eigenvalue weighted by molar-refractivity contribution is 0.0598. The molecule has 0 N–H and O–H groups in total. The Morgan fingerprint density at radius 3 is 2.15 bits per heavy atom. The van der Waals surface area contributed by atoms with Gasteiger partial charge in [-0.2, -0.15) is 11.8 Å². The summed E-state index contributed by atoms with van der Waals surface area (Å²) in [6.07, 6.45) is 6.27. The highest BCUT2D eigenvalue weighted by Gasteiger charge is 2.43. The number of fused-ring (bicyclic) bond motifs is 2. The SMILES string of the molecule is CSC1CC2CCC(C1)N2C(=O)c1ccccc1C(=O)c1ccc(F)cc1.